The summed E-state index contributed by atoms with van der Waals surface area (Å²) in [5.41, 5.74) is 0.436. The van der Waals surface area contributed by atoms with Gasteiger partial charge in [-0.25, -0.2) is 0 Å². The third-order valence-electron chi connectivity index (χ3n) is 4.45. The van der Waals surface area contributed by atoms with Gasteiger partial charge in [-0.15, -0.1) is 0 Å². The third kappa shape index (κ3) is 4.52. The Morgan fingerprint density at radius 1 is 1.39 bits per heavy atom. The Hall–Kier alpha value is -0.120. The van der Waals surface area contributed by atoms with E-state index in [0.29, 0.717) is 11.5 Å². The van der Waals surface area contributed by atoms with E-state index in [2.05, 4.69) is 38.2 Å². The van der Waals surface area contributed by atoms with Gasteiger partial charge in [0.1, 0.15) is 0 Å². The number of nitrogens with zero attached hydrogens (tertiary/aromatic N) is 1. The van der Waals surface area contributed by atoms with Crippen molar-refractivity contribution in [1.82, 2.24) is 10.2 Å². The predicted octanol–water partition coefficient (Wildman–Crippen LogP) is 2.37. The van der Waals surface area contributed by atoms with Crippen LogP contribution in [0.25, 0.3) is 0 Å². The molecule has 0 aliphatic heterocycles. The first-order valence-corrected chi connectivity index (χ1v) is 7.36. The second kappa shape index (κ2) is 7.46. The lowest BCUT2D eigenvalue weighted by atomic mass is 9.68. The van der Waals surface area contributed by atoms with Crippen molar-refractivity contribution in [1.29, 1.82) is 0 Å². The minimum atomic E-state index is 0.436. The van der Waals surface area contributed by atoms with Crippen LogP contribution in [0.2, 0.25) is 0 Å². The van der Waals surface area contributed by atoms with E-state index in [-0.39, 0.29) is 0 Å². The Labute approximate surface area is 113 Å². The van der Waals surface area contributed by atoms with Crippen LogP contribution in [0.15, 0.2) is 0 Å². The Kier molecular flexibility index (Phi) is 6.61. The quantitative estimate of drug-likeness (QED) is 0.708. The summed E-state index contributed by atoms with van der Waals surface area (Å²) in [5, 5.41) is 3.57. The summed E-state index contributed by atoms with van der Waals surface area (Å²) in [7, 11) is 6.14. The van der Waals surface area contributed by atoms with Gasteiger partial charge in [-0.05, 0) is 44.7 Å². The van der Waals surface area contributed by atoms with Crippen LogP contribution in [0, 0.1) is 11.3 Å². The van der Waals surface area contributed by atoms with Gasteiger partial charge in [0.25, 0.3) is 0 Å². The minimum absolute atomic E-state index is 0.436. The van der Waals surface area contributed by atoms with Crippen molar-refractivity contribution in [2.24, 2.45) is 11.3 Å². The number of ether oxygens (including phenoxy) is 1. The summed E-state index contributed by atoms with van der Waals surface area (Å²) in [4.78, 5) is 2.47. The van der Waals surface area contributed by atoms with Crippen molar-refractivity contribution in [3.63, 3.8) is 0 Å². The van der Waals surface area contributed by atoms with Crippen LogP contribution in [-0.2, 0) is 4.74 Å². The van der Waals surface area contributed by atoms with E-state index in [1.165, 1.54) is 25.8 Å². The van der Waals surface area contributed by atoms with Gasteiger partial charge in [-0.1, -0.05) is 20.3 Å². The average molecular weight is 256 g/mol. The molecule has 2 atom stereocenters. The highest BCUT2D eigenvalue weighted by Gasteiger charge is 2.37. The molecule has 0 radical (unpaired) electrons. The number of nitrogens with one attached hydrogen (secondary N) is 1. The molecule has 0 bridgehead atoms. The van der Waals surface area contributed by atoms with Crippen LogP contribution in [0.4, 0.5) is 0 Å². The van der Waals surface area contributed by atoms with Crippen molar-refractivity contribution >= 4 is 0 Å². The molecule has 2 unspecified atom stereocenters. The molecule has 1 aliphatic rings. The predicted molar refractivity (Wildman–Crippen MR) is 78.0 cm³/mol. The first kappa shape index (κ1) is 15.9. The topological polar surface area (TPSA) is 24.5 Å². The largest absolute Gasteiger partial charge is 0.385 e. The molecule has 1 fully saturated rings. The molecule has 18 heavy (non-hydrogen) atoms. The molecule has 1 saturated carbocycles. The molecular weight excluding hydrogens is 224 g/mol. The molecule has 0 aromatic carbocycles. The average Bonchev–Trinajstić information content (AvgIpc) is 2.28. The second-order valence-corrected chi connectivity index (χ2v) is 6.52. The van der Waals surface area contributed by atoms with Gasteiger partial charge in [-0.3, -0.25) is 0 Å². The van der Waals surface area contributed by atoms with Crippen LogP contribution in [0.1, 0.15) is 39.5 Å². The van der Waals surface area contributed by atoms with Crippen LogP contribution in [-0.4, -0.2) is 51.8 Å². The molecule has 108 valence electrons. The lowest BCUT2D eigenvalue weighted by Gasteiger charge is -2.45. The fraction of sp³-hybridized carbons (Fsp3) is 1.00. The summed E-state index contributed by atoms with van der Waals surface area (Å²) in [6.45, 7) is 8.03. The van der Waals surface area contributed by atoms with E-state index < -0.39 is 0 Å². The van der Waals surface area contributed by atoms with E-state index in [9.17, 15) is 0 Å². The highest BCUT2D eigenvalue weighted by atomic mass is 16.5. The maximum atomic E-state index is 5.12. The molecule has 0 spiro atoms. The first-order valence-electron chi connectivity index (χ1n) is 7.36. The maximum absolute atomic E-state index is 5.12. The van der Waals surface area contributed by atoms with Gasteiger partial charge in [0.05, 0.1) is 0 Å². The lowest BCUT2D eigenvalue weighted by Crippen LogP contribution is -2.51. The standard InChI is InChI=1S/C15H32N2O/c1-15(2)9-6-8-13(14(15)16-3)12-17(4)10-7-11-18-5/h13-14,16H,6-12H2,1-5H3. The Bertz CT molecular complexity index is 231. The molecule has 0 heterocycles. The third-order valence-corrected chi connectivity index (χ3v) is 4.45. The van der Waals surface area contributed by atoms with E-state index in [1.54, 1.807) is 7.11 Å². The normalized spacial score (nSPS) is 27.7. The van der Waals surface area contributed by atoms with Crippen molar-refractivity contribution in [3.05, 3.63) is 0 Å². The summed E-state index contributed by atoms with van der Waals surface area (Å²) >= 11 is 0. The van der Waals surface area contributed by atoms with Crippen molar-refractivity contribution in [2.75, 3.05) is 40.9 Å². The van der Waals surface area contributed by atoms with Gasteiger partial charge in [0, 0.05) is 32.8 Å². The van der Waals surface area contributed by atoms with E-state index in [4.69, 9.17) is 4.74 Å². The monoisotopic (exact) mass is 256 g/mol. The van der Waals surface area contributed by atoms with Crippen LogP contribution < -0.4 is 5.32 Å². The van der Waals surface area contributed by atoms with Crippen molar-refractivity contribution in [2.45, 2.75) is 45.6 Å². The van der Waals surface area contributed by atoms with E-state index in [0.717, 1.165) is 25.5 Å². The summed E-state index contributed by atoms with van der Waals surface area (Å²) in [5.74, 6) is 0.784. The summed E-state index contributed by atoms with van der Waals surface area (Å²) in [6, 6.07) is 0.649. The van der Waals surface area contributed by atoms with Crippen molar-refractivity contribution < 1.29 is 4.74 Å². The molecule has 0 aromatic heterocycles. The fourth-order valence-corrected chi connectivity index (χ4v) is 3.57. The zero-order valence-corrected chi connectivity index (χ0v) is 13.0. The Morgan fingerprint density at radius 2 is 2.11 bits per heavy atom. The molecule has 0 saturated heterocycles. The van der Waals surface area contributed by atoms with Gasteiger partial charge in [-0.2, -0.15) is 0 Å². The number of methoxy groups -OCH3 is 1. The van der Waals surface area contributed by atoms with E-state index >= 15 is 0 Å². The highest BCUT2D eigenvalue weighted by Crippen LogP contribution is 2.39. The Morgan fingerprint density at radius 3 is 2.72 bits per heavy atom. The molecule has 3 heteroatoms. The van der Waals surface area contributed by atoms with E-state index in [1.807, 2.05) is 0 Å². The molecule has 3 nitrogen and oxygen atoms in total. The Balaban J connectivity index is 2.43. The molecule has 0 amide bonds. The lowest BCUT2D eigenvalue weighted by molar-refractivity contribution is 0.0873. The first-order chi connectivity index (χ1) is 8.51. The number of hydrogen-bond acceptors (Lipinski definition) is 3. The zero-order valence-electron chi connectivity index (χ0n) is 13.0. The molecule has 1 rings (SSSR count). The van der Waals surface area contributed by atoms with Gasteiger partial charge >= 0.3 is 0 Å². The fourth-order valence-electron chi connectivity index (χ4n) is 3.57. The van der Waals surface area contributed by atoms with Crippen LogP contribution >= 0.6 is 0 Å². The van der Waals surface area contributed by atoms with Crippen LogP contribution in [0.5, 0.6) is 0 Å². The molecule has 1 aliphatic carbocycles. The molecule has 0 aromatic rings. The zero-order chi connectivity index (χ0) is 13.6. The molecular formula is C15H32N2O. The minimum Gasteiger partial charge on any atom is -0.385 e. The van der Waals surface area contributed by atoms with Gasteiger partial charge < -0.3 is 15.0 Å². The van der Waals surface area contributed by atoms with Gasteiger partial charge in [0.2, 0.25) is 0 Å². The summed E-state index contributed by atoms with van der Waals surface area (Å²) < 4.78 is 5.12. The van der Waals surface area contributed by atoms with Crippen LogP contribution in [0.3, 0.4) is 0 Å². The number of hydrogen-bond donors (Lipinski definition) is 1. The SMILES string of the molecule is CNC1C(CN(C)CCCOC)CCCC1(C)C. The van der Waals surface area contributed by atoms with Gasteiger partial charge in [0.15, 0.2) is 0 Å². The maximum Gasteiger partial charge on any atom is 0.0474 e. The number of rotatable bonds is 7. The second-order valence-electron chi connectivity index (χ2n) is 6.52. The highest BCUT2D eigenvalue weighted by molar-refractivity contribution is 4.93. The summed E-state index contributed by atoms with van der Waals surface area (Å²) in [6.07, 6.45) is 5.22. The molecule has 1 N–H and O–H groups in total. The smallest absolute Gasteiger partial charge is 0.0474 e. The van der Waals surface area contributed by atoms with Crippen molar-refractivity contribution in [3.8, 4) is 0 Å².